The molecular weight excluding hydrogens is 365 g/mol. The van der Waals surface area contributed by atoms with Crippen molar-refractivity contribution < 1.29 is 51.3 Å². The monoisotopic (exact) mass is 374 g/mol. The summed E-state index contributed by atoms with van der Waals surface area (Å²) >= 11 is -7.81. The SMILES string of the molecule is O=C1[O][Ge-2]23([O]C1=O)([O]C(=O)C(=O)[O]2)[O]C(=O)C(=O)[O]3.[NH4+].[NH4+]. The van der Waals surface area contributed by atoms with Gasteiger partial charge >= 0.3 is 100 Å². The summed E-state index contributed by atoms with van der Waals surface area (Å²) in [6.45, 7) is 0. The fourth-order valence-corrected chi connectivity index (χ4v) is 8.82. The van der Waals surface area contributed by atoms with Gasteiger partial charge in [0.05, 0.1) is 0 Å². The molecule has 3 aliphatic rings. The summed E-state index contributed by atoms with van der Waals surface area (Å²) < 4.78 is 25.5. The Kier molecular flexibility index (Phi) is 2.71. The van der Waals surface area contributed by atoms with Gasteiger partial charge in [-0.3, -0.25) is 0 Å². The van der Waals surface area contributed by atoms with E-state index >= 15 is 0 Å². The van der Waals surface area contributed by atoms with Crippen LogP contribution in [0.1, 0.15) is 0 Å². The quantitative estimate of drug-likeness (QED) is 0.328. The predicted molar refractivity (Wildman–Crippen MR) is 54.3 cm³/mol. The van der Waals surface area contributed by atoms with Gasteiger partial charge in [-0.05, 0) is 0 Å². The van der Waals surface area contributed by atoms with Gasteiger partial charge in [-0.2, -0.15) is 0 Å². The molecule has 1 spiro atoms. The van der Waals surface area contributed by atoms with Gasteiger partial charge in [0.1, 0.15) is 0 Å². The number of rotatable bonds is 0. The van der Waals surface area contributed by atoms with Crippen molar-refractivity contribution in [1.29, 1.82) is 0 Å². The third-order valence-electron chi connectivity index (χ3n) is 2.31. The topological polar surface area (TPSA) is 231 Å². The summed E-state index contributed by atoms with van der Waals surface area (Å²) in [6, 6.07) is 0. The van der Waals surface area contributed by atoms with Crippen LogP contribution < -0.4 is 12.3 Å². The van der Waals surface area contributed by atoms with Gasteiger partial charge in [0.25, 0.3) is 0 Å². The van der Waals surface area contributed by atoms with Gasteiger partial charge < -0.3 is 12.3 Å². The first-order valence-corrected chi connectivity index (χ1v) is 9.56. The van der Waals surface area contributed by atoms with E-state index in [4.69, 9.17) is 0 Å². The molecular formula is C6H8GeN2O12. The Morgan fingerprint density at radius 3 is 0.714 bits per heavy atom. The van der Waals surface area contributed by atoms with Crippen LogP contribution >= 0.6 is 0 Å². The minimum atomic E-state index is -7.81. The molecule has 0 saturated carbocycles. The first kappa shape index (κ1) is 16.3. The summed E-state index contributed by atoms with van der Waals surface area (Å²) in [6.07, 6.45) is 0. The van der Waals surface area contributed by atoms with Crippen molar-refractivity contribution in [1.82, 2.24) is 12.3 Å². The molecule has 3 fully saturated rings. The van der Waals surface area contributed by atoms with Crippen molar-refractivity contribution in [3.8, 4) is 0 Å². The third-order valence-corrected chi connectivity index (χ3v) is 9.89. The maximum atomic E-state index is 11.1. The van der Waals surface area contributed by atoms with Crippen LogP contribution in [0.5, 0.6) is 0 Å². The Labute approximate surface area is 113 Å². The molecule has 0 aromatic carbocycles. The minimum absolute atomic E-state index is 0. The van der Waals surface area contributed by atoms with Crippen LogP contribution in [0.25, 0.3) is 0 Å². The van der Waals surface area contributed by atoms with Crippen molar-refractivity contribution >= 4 is 48.9 Å². The van der Waals surface area contributed by atoms with E-state index in [1.807, 2.05) is 0 Å². The Balaban J connectivity index is 0.00000110. The van der Waals surface area contributed by atoms with E-state index in [1.54, 1.807) is 0 Å². The van der Waals surface area contributed by atoms with E-state index in [2.05, 4.69) is 22.6 Å². The number of carbonyl (C=O) groups is 6. The largest absolute Gasteiger partial charge is 0.369 e. The van der Waals surface area contributed by atoms with Crippen LogP contribution in [0, 0.1) is 0 Å². The molecule has 3 heterocycles. The van der Waals surface area contributed by atoms with E-state index in [0.717, 1.165) is 0 Å². The predicted octanol–water partition coefficient (Wildman–Crippen LogP) is -2.62. The fourth-order valence-electron chi connectivity index (χ4n) is 1.70. The van der Waals surface area contributed by atoms with Gasteiger partial charge in [-0.15, -0.1) is 0 Å². The maximum Gasteiger partial charge on any atom is -0.369 e. The standard InChI is InChI=1S/C6GeO12.2H3N/c8-1-2(9)15-7(14-1,16-3(10)4(11)17-7)18-5(12)6(13)19-7;;/h;2*1H3/q-2;;/p+2. The summed E-state index contributed by atoms with van der Waals surface area (Å²) in [4.78, 5) is 66.6. The number of hydrogen-bond acceptors (Lipinski definition) is 12. The summed E-state index contributed by atoms with van der Waals surface area (Å²) in [7, 11) is 0. The molecule has 0 amide bonds. The van der Waals surface area contributed by atoms with Crippen molar-refractivity contribution in [3.05, 3.63) is 0 Å². The van der Waals surface area contributed by atoms with Gasteiger partial charge in [0.15, 0.2) is 0 Å². The second kappa shape index (κ2) is 3.48. The maximum absolute atomic E-state index is 11.1. The smallest absolute Gasteiger partial charge is 0.369 e. The normalized spacial score (nSPS) is 29.1. The Bertz CT molecular complexity index is 505. The number of quaternary nitrogens is 2. The number of hydrogen-bond donors (Lipinski definition) is 2. The van der Waals surface area contributed by atoms with Crippen LogP contribution in [0.2, 0.25) is 0 Å². The molecule has 15 heteroatoms. The van der Waals surface area contributed by atoms with Gasteiger partial charge in [-0.1, -0.05) is 0 Å². The molecule has 0 aromatic heterocycles. The van der Waals surface area contributed by atoms with Crippen molar-refractivity contribution in [2.75, 3.05) is 0 Å². The zero-order valence-electron chi connectivity index (χ0n) is 10.4. The summed E-state index contributed by atoms with van der Waals surface area (Å²) in [5.74, 6) is -10.9. The molecule has 0 radical (unpaired) electrons. The zero-order valence-corrected chi connectivity index (χ0v) is 12.5. The molecule has 0 atom stereocenters. The molecule has 3 aliphatic heterocycles. The molecule has 0 unspecified atom stereocenters. The van der Waals surface area contributed by atoms with E-state index < -0.39 is 48.9 Å². The molecule has 3 saturated heterocycles. The Hall–Kier alpha value is -2.72. The Morgan fingerprint density at radius 1 is 0.429 bits per heavy atom. The van der Waals surface area contributed by atoms with Crippen LogP contribution in [0.4, 0.5) is 0 Å². The Morgan fingerprint density at radius 2 is 0.571 bits per heavy atom. The average Bonchev–Trinajstić information content (AvgIpc) is 2.69. The molecule has 8 N–H and O–H groups in total. The minimum Gasteiger partial charge on any atom is -0.369 e. The average molecular weight is 373 g/mol. The molecule has 0 bridgehead atoms. The van der Waals surface area contributed by atoms with E-state index in [0.29, 0.717) is 0 Å². The van der Waals surface area contributed by atoms with Crippen molar-refractivity contribution in [2.45, 2.75) is 0 Å². The fraction of sp³-hybridized carbons (Fsp3) is 0. The molecule has 21 heavy (non-hydrogen) atoms. The summed E-state index contributed by atoms with van der Waals surface area (Å²) in [5.41, 5.74) is 0. The van der Waals surface area contributed by atoms with Crippen LogP contribution in [0.15, 0.2) is 0 Å². The van der Waals surface area contributed by atoms with Crippen LogP contribution in [-0.4, -0.2) is 48.9 Å². The molecule has 118 valence electrons. The van der Waals surface area contributed by atoms with Gasteiger partial charge in [-0.25, -0.2) is 0 Å². The van der Waals surface area contributed by atoms with Crippen LogP contribution in [-0.2, 0) is 51.3 Å². The third kappa shape index (κ3) is 1.53. The van der Waals surface area contributed by atoms with Gasteiger partial charge in [0, 0.05) is 0 Å². The van der Waals surface area contributed by atoms with Gasteiger partial charge in [0.2, 0.25) is 0 Å². The van der Waals surface area contributed by atoms with E-state index in [1.165, 1.54) is 0 Å². The van der Waals surface area contributed by atoms with Crippen molar-refractivity contribution in [3.63, 3.8) is 0 Å². The first-order valence-electron chi connectivity index (χ1n) is 4.42. The van der Waals surface area contributed by atoms with E-state index in [-0.39, 0.29) is 12.3 Å². The van der Waals surface area contributed by atoms with Crippen LogP contribution in [0.3, 0.4) is 0 Å². The molecule has 3 rings (SSSR count). The molecule has 0 aromatic rings. The second-order valence-electron chi connectivity index (χ2n) is 3.59. The molecule has 14 nitrogen and oxygen atoms in total. The van der Waals surface area contributed by atoms with Crippen molar-refractivity contribution in [2.24, 2.45) is 0 Å². The zero-order chi connectivity index (χ0) is 14.1. The first-order chi connectivity index (χ1) is 8.65. The van der Waals surface area contributed by atoms with E-state index in [9.17, 15) is 28.8 Å². The summed E-state index contributed by atoms with van der Waals surface area (Å²) in [5, 5.41) is 0. The second-order valence-corrected chi connectivity index (χ2v) is 11.4. The number of carbonyl (C=O) groups excluding carboxylic acids is 6. The molecule has 0 aliphatic carbocycles.